The number of carbonyl (C=O) groups excluding carboxylic acids is 2. The second-order valence-corrected chi connectivity index (χ2v) is 6.25. The number of hydrogen-bond donors (Lipinski definition) is 0. The number of halogens is 1. The molecule has 1 aliphatic rings. The van der Waals surface area contributed by atoms with Gasteiger partial charge >= 0.3 is 0 Å². The van der Waals surface area contributed by atoms with Crippen LogP contribution in [-0.4, -0.2) is 47.8 Å². The molecule has 0 atom stereocenters. The molecule has 0 saturated carbocycles. The highest BCUT2D eigenvalue weighted by atomic mass is 35.5. The van der Waals surface area contributed by atoms with E-state index in [-0.39, 0.29) is 11.8 Å². The summed E-state index contributed by atoms with van der Waals surface area (Å²) in [6.45, 7) is 2.33. The number of hydrogen-bond acceptors (Lipinski definition) is 3. The molecular weight excluding hydrogens is 328 g/mol. The molecule has 3 rings (SSSR count). The Hall–Kier alpha value is -2.27. The van der Waals surface area contributed by atoms with Crippen LogP contribution in [0.1, 0.15) is 22.5 Å². The molecule has 126 valence electrons. The van der Waals surface area contributed by atoms with E-state index in [1.807, 2.05) is 23.1 Å². The largest absolute Gasteiger partial charge is 0.459 e. The highest BCUT2D eigenvalue weighted by molar-refractivity contribution is 6.30. The summed E-state index contributed by atoms with van der Waals surface area (Å²) in [7, 11) is 0. The Morgan fingerprint density at radius 2 is 1.83 bits per heavy atom. The lowest BCUT2D eigenvalue weighted by atomic mass is 10.1. The molecule has 0 bridgehead atoms. The third kappa shape index (κ3) is 3.97. The van der Waals surface area contributed by atoms with Crippen molar-refractivity contribution in [1.82, 2.24) is 9.80 Å². The predicted octanol–water partition coefficient (Wildman–Crippen LogP) is 2.85. The Labute approximate surface area is 145 Å². The number of amides is 2. The van der Waals surface area contributed by atoms with Crippen molar-refractivity contribution in [2.75, 3.05) is 26.2 Å². The van der Waals surface area contributed by atoms with Crippen LogP contribution in [0, 0.1) is 0 Å². The zero-order valence-electron chi connectivity index (χ0n) is 13.3. The first-order valence-corrected chi connectivity index (χ1v) is 8.36. The van der Waals surface area contributed by atoms with Crippen molar-refractivity contribution < 1.29 is 14.0 Å². The van der Waals surface area contributed by atoms with Crippen LogP contribution < -0.4 is 0 Å². The van der Waals surface area contributed by atoms with Crippen molar-refractivity contribution in [3.8, 4) is 0 Å². The minimum atomic E-state index is -0.121. The van der Waals surface area contributed by atoms with Crippen LogP contribution in [-0.2, 0) is 11.2 Å². The highest BCUT2D eigenvalue weighted by Crippen LogP contribution is 2.14. The molecule has 0 aliphatic carbocycles. The lowest BCUT2D eigenvalue weighted by Gasteiger charge is -2.21. The molecule has 1 aromatic carbocycles. The van der Waals surface area contributed by atoms with Gasteiger partial charge < -0.3 is 14.2 Å². The third-order valence-corrected chi connectivity index (χ3v) is 4.35. The highest BCUT2D eigenvalue weighted by Gasteiger charge is 2.24. The van der Waals surface area contributed by atoms with Crippen LogP contribution in [0.2, 0.25) is 5.02 Å². The Bertz CT molecular complexity index is 715. The number of furan rings is 1. The van der Waals surface area contributed by atoms with Crippen LogP contribution >= 0.6 is 11.6 Å². The van der Waals surface area contributed by atoms with Gasteiger partial charge in [-0.2, -0.15) is 0 Å². The standard InChI is InChI=1S/C18H19ClN2O3/c19-15-5-1-4-14(12-15)13-17(22)20-7-3-8-21(10-9-20)18(23)16-6-2-11-24-16/h1-2,4-6,11-12H,3,7-10,13H2. The van der Waals surface area contributed by atoms with E-state index in [2.05, 4.69) is 0 Å². The minimum absolute atomic E-state index is 0.0598. The van der Waals surface area contributed by atoms with Crippen molar-refractivity contribution in [3.63, 3.8) is 0 Å². The van der Waals surface area contributed by atoms with Crippen LogP contribution in [0.25, 0.3) is 0 Å². The molecule has 2 amide bonds. The Balaban J connectivity index is 1.59. The Morgan fingerprint density at radius 3 is 2.58 bits per heavy atom. The van der Waals surface area contributed by atoms with Crippen LogP contribution in [0.15, 0.2) is 47.1 Å². The molecule has 1 fully saturated rings. The lowest BCUT2D eigenvalue weighted by molar-refractivity contribution is -0.130. The molecule has 0 radical (unpaired) electrons. The third-order valence-electron chi connectivity index (χ3n) is 4.11. The molecule has 5 nitrogen and oxygen atoms in total. The second-order valence-electron chi connectivity index (χ2n) is 5.81. The van der Waals surface area contributed by atoms with Gasteiger partial charge in [0.15, 0.2) is 5.76 Å². The first kappa shape index (κ1) is 16.6. The molecule has 6 heteroatoms. The van der Waals surface area contributed by atoms with Crippen molar-refractivity contribution in [1.29, 1.82) is 0 Å². The van der Waals surface area contributed by atoms with Gasteiger partial charge in [0.05, 0.1) is 12.7 Å². The summed E-state index contributed by atoms with van der Waals surface area (Å²) in [4.78, 5) is 28.4. The quantitative estimate of drug-likeness (QED) is 0.858. The van der Waals surface area contributed by atoms with E-state index in [0.29, 0.717) is 43.4 Å². The van der Waals surface area contributed by atoms with Gasteiger partial charge in [-0.1, -0.05) is 23.7 Å². The number of carbonyl (C=O) groups is 2. The van der Waals surface area contributed by atoms with Crippen LogP contribution in [0.3, 0.4) is 0 Å². The number of rotatable bonds is 3. The topological polar surface area (TPSA) is 53.8 Å². The minimum Gasteiger partial charge on any atom is -0.459 e. The monoisotopic (exact) mass is 346 g/mol. The van der Waals surface area contributed by atoms with Crippen molar-refractivity contribution in [3.05, 3.63) is 59.0 Å². The molecule has 1 saturated heterocycles. The SMILES string of the molecule is O=C(Cc1cccc(Cl)c1)N1CCCN(C(=O)c2ccco2)CC1. The fourth-order valence-electron chi connectivity index (χ4n) is 2.86. The van der Waals surface area contributed by atoms with Crippen molar-refractivity contribution in [2.24, 2.45) is 0 Å². The van der Waals surface area contributed by atoms with Gasteiger partial charge in [-0.05, 0) is 36.2 Å². The van der Waals surface area contributed by atoms with Crippen molar-refractivity contribution in [2.45, 2.75) is 12.8 Å². The van der Waals surface area contributed by atoms with E-state index in [1.54, 1.807) is 23.1 Å². The van der Waals surface area contributed by atoms with Crippen LogP contribution in [0.5, 0.6) is 0 Å². The maximum Gasteiger partial charge on any atom is 0.289 e. The first-order valence-electron chi connectivity index (χ1n) is 7.98. The fraction of sp³-hybridized carbons (Fsp3) is 0.333. The molecule has 1 aliphatic heterocycles. The molecule has 24 heavy (non-hydrogen) atoms. The summed E-state index contributed by atoms with van der Waals surface area (Å²) in [5.41, 5.74) is 0.903. The summed E-state index contributed by atoms with van der Waals surface area (Å²) in [6, 6.07) is 10.7. The van der Waals surface area contributed by atoms with E-state index in [1.165, 1.54) is 6.26 Å². The normalized spacial score (nSPS) is 15.2. The second kappa shape index (κ2) is 7.53. The lowest BCUT2D eigenvalue weighted by Crippen LogP contribution is -2.37. The Kier molecular flexibility index (Phi) is 5.20. The maximum absolute atomic E-state index is 12.5. The summed E-state index contributed by atoms with van der Waals surface area (Å²) >= 11 is 5.97. The van der Waals surface area contributed by atoms with Crippen LogP contribution in [0.4, 0.5) is 0 Å². The van der Waals surface area contributed by atoms with Gasteiger partial charge in [-0.25, -0.2) is 0 Å². The van der Waals surface area contributed by atoms with Gasteiger partial charge in [0.25, 0.3) is 5.91 Å². The summed E-state index contributed by atoms with van der Waals surface area (Å²) in [5.74, 6) is 0.280. The van der Waals surface area contributed by atoms with E-state index in [0.717, 1.165) is 12.0 Å². The molecule has 0 unspecified atom stereocenters. The van der Waals surface area contributed by atoms with Gasteiger partial charge in [0.2, 0.25) is 5.91 Å². The molecule has 1 aromatic heterocycles. The van der Waals surface area contributed by atoms with Crippen molar-refractivity contribution >= 4 is 23.4 Å². The summed E-state index contributed by atoms with van der Waals surface area (Å²) < 4.78 is 5.17. The van der Waals surface area contributed by atoms with E-state index >= 15 is 0 Å². The van der Waals surface area contributed by atoms with Gasteiger partial charge in [0.1, 0.15) is 0 Å². The molecular formula is C18H19ClN2O3. The maximum atomic E-state index is 12.5. The Morgan fingerprint density at radius 1 is 1.04 bits per heavy atom. The van der Waals surface area contributed by atoms with Gasteiger partial charge in [-0.3, -0.25) is 9.59 Å². The zero-order valence-corrected chi connectivity index (χ0v) is 14.0. The predicted molar refractivity (Wildman–Crippen MR) is 91.0 cm³/mol. The molecule has 0 N–H and O–H groups in total. The molecule has 0 spiro atoms. The number of nitrogens with zero attached hydrogens (tertiary/aromatic N) is 2. The van der Waals surface area contributed by atoms with E-state index in [4.69, 9.17) is 16.0 Å². The number of benzene rings is 1. The fourth-order valence-corrected chi connectivity index (χ4v) is 3.07. The molecule has 2 heterocycles. The summed E-state index contributed by atoms with van der Waals surface area (Å²) in [5, 5.41) is 0.631. The first-order chi connectivity index (χ1) is 11.6. The smallest absolute Gasteiger partial charge is 0.289 e. The average Bonchev–Trinajstić information content (AvgIpc) is 2.98. The summed E-state index contributed by atoms with van der Waals surface area (Å²) in [6.07, 6.45) is 2.58. The average molecular weight is 347 g/mol. The van der Waals surface area contributed by atoms with Gasteiger partial charge in [-0.15, -0.1) is 0 Å². The zero-order chi connectivity index (χ0) is 16.9. The van der Waals surface area contributed by atoms with Gasteiger partial charge in [0, 0.05) is 31.2 Å². The van der Waals surface area contributed by atoms with E-state index < -0.39 is 0 Å². The molecule has 2 aromatic rings. The van der Waals surface area contributed by atoms with E-state index in [9.17, 15) is 9.59 Å².